The minimum Gasteiger partial charge on any atom is -0.406 e. The first kappa shape index (κ1) is 16.4. The number of hydrogen-bond acceptors (Lipinski definition) is 3. The van der Waals surface area contributed by atoms with Crippen LogP contribution in [0.15, 0.2) is 24.3 Å². The quantitative estimate of drug-likeness (QED) is 0.926. The largest absolute Gasteiger partial charge is 0.573 e. The standard InChI is InChI=1S/C14H17F3N2O.ClH/c15-14(16,17)20-13-3-1-2-10(4-13)7-19-8-11-5-18-6-12(11)9-19;/h1-4,11-12,18H,5-9H2;1H/t11-,12+;. The van der Waals surface area contributed by atoms with Crippen LogP contribution in [0, 0.1) is 11.8 Å². The number of nitrogens with one attached hydrogen (secondary N) is 1. The highest BCUT2D eigenvalue weighted by molar-refractivity contribution is 5.85. The van der Waals surface area contributed by atoms with Crippen molar-refractivity contribution in [1.29, 1.82) is 0 Å². The number of ether oxygens (including phenoxy) is 1. The normalized spacial score (nSPS) is 25.5. The van der Waals surface area contributed by atoms with Gasteiger partial charge in [0.25, 0.3) is 0 Å². The summed E-state index contributed by atoms with van der Waals surface area (Å²) < 4.78 is 40.5. The van der Waals surface area contributed by atoms with Crippen LogP contribution in [0.3, 0.4) is 0 Å². The molecule has 118 valence electrons. The van der Waals surface area contributed by atoms with Crippen molar-refractivity contribution in [3.8, 4) is 5.75 Å². The van der Waals surface area contributed by atoms with Gasteiger partial charge in [-0.1, -0.05) is 12.1 Å². The van der Waals surface area contributed by atoms with Gasteiger partial charge in [0.1, 0.15) is 5.75 Å². The number of fused-ring (bicyclic) bond motifs is 1. The molecule has 2 heterocycles. The van der Waals surface area contributed by atoms with Crippen molar-refractivity contribution >= 4 is 12.4 Å². The summed E-state index contributed by atoms with van der Waals surface area (Å²) >= 11 is 0. The van der Waals surface area contributed by atoms with Gasteiger partial charge in [-0.3, -0.25) is 4.90 Å². The number of nitrogens with zero attached hydrogens (tertiary/aromatic N) is 1. The van der Waals surface area contributed by atoms with Crippen molar-refractivity contribution in [3.05, 3.63) is 29.8 Å². The molecule has 0 amide bonds. The second-order valence-corrected chi connectivity index (χ2v) is 5.57. The number of rotatable bonds is 3. The maximum atomic E-state index is 12.2. The fourth-order valence-electron chi connectivity index (χ4n) is 3.18. The third kappa shape index (κ3) is 4.25. The molecule has 0 unspecified atom stereocenters. The molecule has 0 aliphatic carbocycles. The lowest BCUT2D eigenvalue weighted by atomic mass is 10.0. The lowest BCUT2D eigenvalue weighted by molar-refractivity contribution is -0.274. The van der Waals surface area contributed by atoms with Gasteiger partial charge in [-0.25, -0.2) is 0 Å². The van der Waals surface area contributed by atoms with E-state index in [9.17, 15) is 13.2 Å². The molecule has 3 rings (SSSR count). The van der Waals surface area contributed by atoms with Gasteiger partial charge in [-0.15, -0.1) is 25.6 Å². The number of benzene rings is 1. The number of halogens is 4. The van der Waals surface area contributed by atoms with Crippen molar-refractivity contribution in [1.82, 2.24) is 10.2 Å². The Morgan fingerprint density at radius 1 is 1.19 bits per heavy atom. The van der Waals surface area contributed by atoms with Crippen molar-refractivity contribution in [2.24, 2.45) is 11.8 Å². The molecule has 2 fully saturated rings. The molecule has 1 aromatic carbocycles. The molecule has 2 saturated heterocycles. The minimum atomic E-state index is -4.63. The number of alkyl halides is 3. The van der Waals surface area contributed by atoms with Crippen LogP contribution in [-0.4, -0.2) is 37.4 Å². The molecule has 0 saturated carbocycles. The maximum absolute atomic E-state index is 12.2. The van der Waals surface area contributed by atoms with Crippen LogP contribution < -0.4 is 10.1 Å². The van der Waals surface area contributed by atoms with Crippen molar-refractivity contribution in [2.75, 3.05) is 26.2 Å². The smallest absolute Gasteiger partial charge is 0.406 e. The van der Waals surface area contributed by atoms with Gasteiger partial charge in [-0.2, -0.15) is 0 Å². The van der Waals surface area contributed by atoms with Gasteiger partial charge in [0.05, 0.1) is 0 Å². The minimum absolute atomic E-state index is 0. The summed E-state index contributed by atoms with van der Waals surface area (Å²) in [5.41, 5.74) is 0.861. The number of hydrogen-bond donors (Lipinski definition) is 1. The Bertz CT molecular complexity index is 472. The SMILES string of the molecule is Cl.FC(F)(F)Oc1cccc(CN2C[C@H]3CNC[C@H]3C2)c1. The maximum Gasteiger partial charge on any atom is 0.573 e. The molecule has 7 heteroatoms. The molecule has 2 aliphatic rings. The van der Waals surface area contributed by atoms with Gasteiger partial charge in [-0.05, 0) is 42.6 Å². The summed E-state index contributed by atoms with van der Waals surface area (Å²) in [6.07, 6.45) is -4.63. The van der Waals surface area contributed by atoms with E-state index in [1.807, 2.05) is 6.07 Å². The predicted octanol–water partition coefficient (Wildman–Crippen LogP) is 2.66. The van der Waals surface area contributed by atoms with Crippen molar-refractivity contribution < 1.29 is 17.9 Å². The van der Waals surface area contributed by atoms with E-state index in [2.05, 4.69) is 15.0 Å². The zero-order valence-electron chi connectivity index (χ0n) is 11.4. The average molecular weight is 323 g/mol. The van der Waals surface area contributed by atoms with E-state index in [1.54, 1.807) is 6.07 Å². The summed E-state index contributed by atoms with van der Waals surface area (Å²) in [5, 5.41) is 3.37. The van der Waals surface area contributed by atoms with E-state index in [-0.39, 0.29) is 18.2 Å². The Balaban J connectivity index is 0.00000161. The summed E-state index contributed by atoms with van der Waals surface area (Å²) in [5.74, 6) is 1.23. The van der Waals surface area contributed by atoms with Crippen LogP contribution in [0.25, 0.3) is 0 Å². The zero-order chi connectivity index (χ0) is 14.2. The molecule has 3 nitrogen and oxygen atoms in total. The van der Waals surface area contributed by atoms with Gasteiger partial charge in [0.2, 0.25) is 0 Å². The second-order valence-electron chi connectivity index (χ2n) is 5.57. The van der Waals surface area contributed by atoms with E-state index >= 15 is 0 Å². The van der Waals surface area contributed by atoms with Crippen LogP contribution >= 0.6 is 12.4 Å². The molecule has 0 aromatic heterocycles. The molecular weight excluding hydrogens is 305 g/mol. The van der Waals surface area contributed by atoms with E-state index in [0.29, 0.717) is 18.4 Å². The van der Waals surface area contributed by atoms with Crippen LogP contribution in [0.5, 0.6) is 5.75 Å². The van der Waals surface area contributed by atoms with Crippen molar-refractivity contribution in [2.45, 2.75) is 12.9 Å². The van der Waals surface area contributed by atoms with Gasteiger partial charge in [0, 0.05) is 19.6 Å². The van der Waals surface area contributed by atoms with Crippen LogP contribution in [0.4, 0.5) is 13.2 Å². The van der Waals surface area contributed by atoms with E-state index in [4.69, 9.17) is 0 Å². The number of likely N-dealkylation sites (tertiary alicyclic amines) is 1. The third-order valence-electron chi connectivity index (χ3n) is 4.00. The molecular formula is C14H18ClF3N2O. The lowest BCUT2D eigenvalue weighted by Crippen LogP contribution is -2.25. The Hall–Kier alpha value is -0.980. The summed E-state index contributed by atoms with van der Waals surface area (Å²) in [6, 6.07) is 6.25. The van der Waals surface area contributed by atoms with E-state index in [0.717, 1.165) is 31.7 Å². The van der Waals surface area contributed by atoms with Crippen LogP contribution in [0.1, 0.15) is 5.56 Å². The molecule has 0 spiro atoms. The summed E-state index contributed by atoms with van der Waals surface area (Å²) in [4.78, 5) is 2.31. The van der Waals surface area contributed by atoms with Crippen LogP contribution in [0.2, 0.25) is 0 Å². The molecule has 0 radical (unpaired) electrons. The fraction of sp³-hybridized carbons (Fsp3) is 0.571. The lowest BCUT2D eigenvalue weighted by Gasteiger charge is -2.17. The zero-order valence-corrected chi connectivity index (χ0v) is 12.2. The van der Waals surface area contributed by atoms with E-state index in [1.165, 1.54) is 12.1 Å². The molecule has 21 heavy (non-hydrogen) atoms. The first-order valence-electron chi connectivity index (χ1n) is 6.77. The highest BCUT2D eigenvalue weighted by atomic mass is 35.5. The van der Waals surface area contributed by atoms with Gasteiger partial charge in [0.15, 0.2) is 0 Å². The molecule has 1 aromatic rings. The molecule has 1 N–H and O–H groups in total. The highest BCUT2D eigenvalue weighted by Crippen LogP contribution is 2.28. The second kappa shape index (κ2) is 6.42. The molecule has 0 bridgehead atoms. The highest BCUT2D eigenvalue weighted by Gasteiger charge is 2.36. The average Bonchev–Trinajstić information content (AvgIpc) is 2.87. The molecule has 2 atom stereocenters. The first-order valence-corrected chi connectivity index (χ1v) is 6.77. The Kier molecular flexibility index (Phi) is 5.01. The van der Waals surface area contributed by atoms with Crippen molar-refractivity contribution in [3.63, 3.8) is 0 Å². The first-order chi connectivity index (χ1) is 9.49. The van der Waals surface area contributed by atoms with Gasteiger partial charge >= 0.3 is 6.36 Å². The monoisotopic (exact) mass is 322 g/mol. The fourth-order valence-corrected chi connectivity index (χ4v) is 3.18. The summed E-state index contributed by atoms with van der Waals surface area (Å²) in [6.45, 7) is 4.82. The third-order valence-corrected chi connectivity index (χ3v) is 4.00. The summed E-state index contributed by atoms with van der Waals surface area (Å²) in [7, 11) is 0. The Morgan fingerprint density at radius 2 is 1.86 bits per heavy atom. The Morgan fingerprint density at radius 3 is 2.48 bits per heavy atom. The van der Waals surface area contributed by atoms with E-state index < -0.39 is 6.36 Å². The molecule has 2 aliphatic heterocycles. The van der Waals surface area contributed by atoms with Crippen LogP contribution in [-0.2, 0) is 6.54 Å². The van der Waals surface area contributed by atoms with Gasteiger partial charge < -0.3 is 10.1 Å². The topological polar surface area (TPSA) is 24.5 Å². The Labute approximate surface area is 127 Å². The predicted molar refractivity (Wildman–Crippen MR) is 75.5 cm³/mol.